The lowest BCUT2D eigenvalue weighted by atomic mass is 10.1. The van der Waals surface area contributed by atoms with Crippen LogP contribution in [0.1, 0.15) is 27.2 Å². The lowest BCUT2D eigenvalue weighted by Gasteiger charge is -2.23. The van der Waals surface area contributed by atoms with Gasteiger partial charge in [-0.25, -0.2) is 0 Å². The molecule has 2 nitrogen and oxygen atoms in total. The van der Waals surface area contributed by atoms with Crippen LogP contribution < -0.4 is 5.32 Å². The van der Waals surface area contributed by atoms with E-state index in [1.807, 2.05) is 0 Å². The van der Waals surface area contributed by atoms with Crippen LogP contribution in [0.25, 0.3) is 0 Å². The van der Waals surface area contributed by atoms with Crippen LogP contribution in [0.5, 0.6) is 0 Å². The summed E-state index contributed by atoms with van der Waals surface area (Å²) in [5, 5.41) is 3.32. The van der Waals surface area contributed by atoms with Gasteiger partial charge >= 0.3 is 0 Å². The Hall–Kier alpha value is 0.137. The molecule has 0 aromatic rings. The van der Waals surface area contributed by atoms with Crippen molar-refractivity contribution >= 4 is 10.5 Å². The molecule has 1 N–H and O–H groups in total. The molecule has 0 fully saturated rings. The Morgan fingerprint density at radius 2 is 2.10 bits per heavy atom. The summed E-state index contributed by atoms with van der Waals surface area (Å²) in [7, 11) is 0.826. The van der Waals surface area contributed by atoms with Crippen molar-refractivity contribution in [3.8, 4) is 0 Å². The number of hydrogen-bond donors (Lipinski definition) is 1. The van der Waals surface area contributed by atoms with Crippen LogP contribution in [0.4, 0.5) is 0 Å². The van der Waals surface area contributed by atoms with Gasteiger partial charge in [0.1, 0.15) is 10.5 Å². The van der Waals surface area contributed by atoms with Crippen molar-refractivity contribution in [2.45, 2.75) is 32.8 Å². The van der Waals surface area contributed by atoms with E-state index in [4.69, 9.17) is 4.43 Å². The summed E-state index contributed by atoms with van der Waals surface area (Å²) >= 11 is 0. The van der Waals surface area contributed by atoms with Crippen LogP contribution in [0.15, 0.2) is 0 Å². The molecule has 0 aliphatic rings. The molecule has 0 saturated heterocycles. The van der Waals surface area contributed by atoms with E-state index in [0.29, 0.717) is 0 Å². The first-order valence-corrected chi connectivity index (χ1v) is 4.70. The lowest BCUT2D eigenvalue weighted by Crippen LogP contribution is -2.37. The molecule has 0 unspecified atom stereocenters. The molecule has 0 radical (unpaired) electrons. The number of hydrogen-bond acceptors (Lipinski definition) is 2. The second-order valence-corrected chi connectivity index (χ2v) is 3.55. The normalized spacial score (nSPS) is 12.3. The highest BCUT2D eigenvalue weighted by Crippen LogP contribution is 2.03. The van der Waals surface area contributed by atoms with E-state index in [0.717, 1.165) is 23.6 Å². The van der Waals surface area contributed by atoms with Crippen molar-refractivity contribution < 1.29 is 4.43 Å². The standard InChI is InChI=1S/C7H19NOSi/c1-4-5-8-6-7(2,3)9-10/h8H,4-6H2,1-3,10H3. The molecule has 0 atom stereocenters. The molecule has 10 heavy (non-hydrogen) atoms. The third-order valence-electron chi connectivity index (χ3n) is 1.53. The fourth-order valence-electron chi connectivity index (χ4n) is 0.638. The Labute approximate surface area is 66.9 Å². The van der Waals surface area contributed by atoms with E-state index in [9.17, 15) is 0 Å². The largest absolute Gasteiger partial charge is 0.422 e. The van der Waals surface area contributed by atoms with Gasteiger partial charge in [-0.3, -0.25) is 0 Å². The molecule has 62 valence electrons. The van der Waals surface area contributed by atoms with E-state index in [-0.39, 0.29) is 5.60 Å². The summed E-state index contributed by atoms with van der Waals surface area (Å²) in [6, 6.07) is 0. The zero-order valence-electron chi connectivity index (χ0n) is 7.53. The Kier molecular flexibility index (Phi) is 4.94. The van der Waals surface area contributed by atoms with Crippen molar-refractivity contribution in [3.63, 3.8) is 0 Å². The Bertz CT molecular complexity index is 85.7. The topological polar surface area (TPSA) is 21.3 Å². The van der Waals surface area contributed by atoms with Gasteiger partial charge in [-0.1, -0.05) is 6.92 Å². The molecular formula is C7H19NOSi. The minimum atomic E-state index is 0.0430. The van der Waals surface area contributed by atoms with Crippen molar-refractivity contribution in [2.75, 3.05) is 13.1 Å². The molecular weight excluding hydrogens is 142 g/mol. The summed E-state index contributed by atoms with van der Waals surface area (Å²) in [5.41, 5.74) is 0.0430. The highest BCUT2D eigenvalue weighted by Gasteiger charge is 2.13. The summed E-state index contributed by atoms with van der Waals surface area (Å²) in [5.74, 6) is 0. The van der Waals surface area contributed by atoms with E-state index in [1.54, 1.807) is 0 Å². The molecule has 0 bridgehead atoms. The van der Waals surface area contributed by atoms with Crippen LogP contribution in [0, 0.1) is 0 Å². The Morgan fingerprint density at radius 3 is 2.50 bits per heavy atom. The Morgan fingerprint density at radius 1 is 1.50 bits per heavy atom. The van der Waals surface area contributed by atoms with Gasteiger partial charge in [0.05, 0.1) is 5.60 Å². The zero-order chi connectivity index (χ0) is 8.04. The predicted octanol–water partition coefficient (Wildman–Crippen LogP) is 0.0616. The summed E-state index contributed by atoms with van der Waals surface area (Å²) in [4.78, 5) is 0. The molecule has 0 aromatic heterocycles. The van der Waals surface area contributed by atoms with Gasteiger partial charge in [0.15, 0.2) is 0 Å². The van der Waals surface area contributed by atoms with Gasteiger partial charge in [-0.2, -0.15) is 0 Å². The smallest absolute Gasteiger partial charge is 0.146 e. The average Bonchev–Trinajstić information content (AvgIpc) is 1.89. The minimum Gasteiger partial charge on any atom is -0.422 e. The zero-order valence-corrected chi connectivity index (χ0v) is 9.53. The lowest BCUT2D eigenvalue weighted by molar-refractivity contribution is 0.122. The first kappa shape index (κ1) is 10.1. The Balaban J connectivity index is 3.28. The molecule has 0 aliphatic carbocycles. The molecule has 0 amide bonds. The van der Waals surface area contributed by atoms with Gasteiger partial charge in [0, 0.05) is 6.54 Å². The van der Waals surface area contributed by atoms with Gasteiger partial charge in [0.2, 0.25) is 0 Å². The summed E-state index contributed by atoms with van der Waals surface area (Å²) in [6.07, 6.45) is 1.19. The maximum absolute atomic E-state index is 5.36. The van der Waals surface area contributed by atoms with Crippen LogP contribution >= 0.6 is 0 Å². The predicted molar refractivity (Wildman–Crippen MR) is 48.3 cm³/mol. The molecule has 0 rings (SSSR count). The average molecular weight is 161 g/mol. The fraction of sp³-hybridized carbons (Fsp3) is 1.00. The minimum absolute atomic E-state index is 0.0430. The first-order chi connectivity index (χ1) is 4.62. The van der Waals surface area contributed by atoms with Gasteiger partial charge in [0.25, 0.3) is 0 Å². The van der Waals surface area contributed by atoms with Crippen molar-refractivity contribution in [1.82, 2.24) is 5.32 Å². The fourth-order valence-corrected chi connectivity index (χ4v) is 0.783. The van der Waals surface area contributed by atoms with Crippen LogP contribution in [-0.2, 0) is 4.43 Å². The van der Waals surface area contributed by atoms with E-state index in [2.05, 4.69) is 26.1 Å². The number of rotatable bonds is 5. The highest BCUT2D eigenvalue weighted by molar-refractivity contribution is 5.98. The van der Waals surface area contributed by atoms with Crippen LogP contribution in [0.2, 0.25) is 0 Å². The van der Waals surface area contributed by atoms with Gasteiger partial charge < -0.3 is 9.74 Å². The van der Waals surface area contributed by atoms with Gasteiger partial charge in [-0.05, 0) is 26.8 Å². The van der Waals surface area contributed by atoms with E-state index >= 15 is 0 Å². The molecule has 0 aliphatic heterocycles. The van der Waals surface area contributed by atoms with E-state index < -0.39 is 0 Å². The van der Waals surface area contributed by atoms with E-state index in [1.165, 1.54) is 6.42 Å². The number of nitrogens with one attached hydrogen (secondary N) is 1. The molecule has 3 heteroatoms. The first-order valence-electron chi connectivity index (χ1n) is 3.88. The molecule has 0 aromatic carbocycles. The van der Waals surface area contributed by atoms with Crippen molar-refractivity contribution in [1.29, 1.82) is 0 Å². The maximum Gasteiger partial charge on any atom is 0.146 e. The quantitative estimate of drug-likeness (QED) is 0.455. The van der Waals surface area contributed by atoms with Crippen LogP contribution in [0.3, 0.4) is 0 Å². The van der Waals surface area contributed by atoms with Gasteiger partial charge in [-0.15, -0.1) is 0 Å². The summed E-state index contributed by atoms with van der Waals surface area (Å²) < 4.78 is 5.36. The third kappa shape index (κ3) is 4.96. The van der Waals surface area contributed by atoms with Crippen LogP contribution in [-0.4, -0.2) is 29.2 Å². The highest BCUT2D eigenvalue weighted by atomic mass is 28.2. The third-order valence-corrected chi connectivity index (χ3v) is 2.64. The second-order valence-electron chi connectivity index (χ2n) is 3.14. The molecule has 0 spiro atoms. The van der Waals surface area contributed by atoms with Crippen molar-refractivity contribution in [3.05, 3.63) is 0 Å². The molecule has 0 saturated carbocycles. The second kappa shape index (κ2) is 4.88. The monoisotopic (exact) mass is 161 g/mol. The SMILES string of the molecule is CCCNCC(C)(C)O[SiH3]. The summed E-state index contributed by atoms with van der Waals surface area (Å²) in [6.45, 7) is 8.45. The van der Waals surface area contributed by atoms with Crippen molar-refractivity contribution in [2.24, 2.45) is 0 Å². The maximum atomic E-state index is 5.36. The molecule has 0 heterocycles.